The predicted molar refractivity (Wildman–Crippen MR) is 63.4 cm³/mol. The average Bonchev–Trinajstić information content (AvgIpc) is 2.82. The van der Waals surface area contributed by atoms with Crippen LogP contribution in [0, 0.1) is 10.1 Å². The van der Waals surface area contributed by atoms with Crippen molar-refractivity contribution < 1.29 is 4.92 Å². The fraction of sp³-hybridized carbons (Fsp3) is 0.182. The van der Waals surface area contributed by atoms with E-state index in [9.17, 15) is 10.1 Å². The second-order valence-corrected chi connectivity index (χ2v) is 3.62. The highest BCUT2D eigenvalue weighted by molar-refractivity contribution is 5.67. The Labute approximate surface area is 97.8 Å². The van der Waals surface area contributed by atoms with Gasteiger partial charge in [0.25, 0.3) is 5.69 Å². The molecule has 0 bridgehead atoms. The van der Waals surface area contributed by atoms with E-state index < -0.39 is 4.92 Å². The summed E-state index contributed by atoms with van der Waals surface area (Å²) in [5.74, 6) is 0. The van der Waals surface area contributed by atoms with Crippen molar-refractivity contribution in [2.45, 2.75) is 6.54 Å². The van der Waals surface area contributed by atoms with Crippen molar-refractivity contribution in [1.29, 1.82) is 0 Å². The summed E-state index contributed by atoms with van der Waals surface area (Å²) >= 11 is 0. The van der Waals surface area contributed by atoms with Crippen LogP contribution >= 0.6 is 0 Å². The zero-order valence-electron chi connectivity index (χ0n) is 9.30. The van der Waals surface area contributed by atoms with E-state index in [0.717, 1.165) is 16.7 Å². The van der Waals surface area contributed by atoms with Crippen LogP contribution in [0.25, 0.3) is 11.1 Å². The Kier molecular flexibility index (Phi) is 3.15. The highest BCUT2D eigenvalue weighted by Crippen LogP contribution is 2.26. The molecule has 0 aliphatic carbocycles. The van der Waals surface area contributed by atoms with Crippen molar-refractivity contribution in [2.24, 2.45) is 0 Å². The monoisotopic (exact) mass is 232 g/mol. The number of nitrogens with zero attached hydrogens (tertiary/aromatic N) is 2. The van der Waals surface area contributed by atoms with E-state index in [1.807, 2.05) is 0 Å². The van der Waals surface area contributed by atoms with Gasteiger partial charge in [0.05, 0.1) is 11.1 Å². The molecule has 1 aromatic carbocycles. The molecule has 6 heteroatoms. The number of rotatable bonds is 4. The molecule has 0 aliphatic heterocycles. The maximum Gasteiger partial charge on any atom is 0.269 e. The number of aromatic nitrogens is 2. The Morgan fingerprint density at radius 1 is 1.53 bits per heavy atom. The van der Waals surface area contributed by atoms with Gasteiger partial charge >= 0.3 is 0 Å². The normalized spacial score (nSPS) is 10.4. The van der Waals surface area contributed by atoms with Gasteiger partial charge in [0.1, 0.15) is 0 Å². The fourth-order valence-corrected chi connectivity index (χ4v) is 1.71. The summed E-state index contributed by atoms with van der Waals surface area (Å²) in [6.45, 7) is 0.572. The first-order chi connectivity index (χ1) is 8.22. The van der Waals surface area contributed by atoms with Crippen LogP contribution in [-0.2, 0) is 6.54 Å². The molecule has 0 fully saturated rings. The molecule has 0 saturated carbocycles. The van der Waals surface area contributed by atoms with Crippen molar-refractivity contribution in [1.82, 2.24) is 15.5 Å². The smallest absolute Gasteiger partial charge is 0.269 e. The van der Waals surface area contributed by atoms with Crippen LogP contribution < -0.4 is 5.32 Å². The summed E-state index contributed by atoms with van der Waals surface area (Å²) in [4.78, 5) is 10.3. The summed E-state index contributed by atoms with van der Waals surface area (Å²) in [6, 6.07) is 4.83. The number of nitro groups is 1. The molecular formula is C11H12N4O2. The van der Waals surface area contributed by atoms with Gasteiger partial charge in [0, 0.05) is 30.4 Å². The molecular weight excluding hydrogens is 220 g/mol. The van der Waals surface area contributed by atoms with Crippen molar-refractivity contribution in [3.63, 3.8) is 0 Å². The van der Waals surface area contributed by atoms with E-state index in [1.54, 1.807) is 31.6 Å². The van der Waals surface area contributed by atoms with Crippen LogP contribution in [0.15, 0.2) is 30.6 Å². The Balaban J connectivity index is 2.48. The van der Waals surface area contributed by atoms with Crippen LogP contribution in [0.4, 0.5) is 5.69 Å². The fourth-order valence-electron chi connectivity index (χ4n) is 1.71. The number of hydrogen-bond acceptors (Lipinski definition) is 4. The third-order valence-electron chi connectivity index (χ3n) is 2.48. The minimum atomic E-state index is -0.391. The number of aromatic amines is 1. The van der Waals surface area contributed by atoms with Gasteiger partial charge in [-0.2, -0.15) is 5.10 Å². The first-order valence-electron chi connectivity index (χ1n) is 5.13. The van der Waals surface area contributed by atoms with E-state index >= 15 is 0 Å². The molecule has 1 heterocycles. The molecule has 2 rings (SSSR count). The molecule has 0 aliphatic rings. The van der Waals surface area contributed by atoms with Crippen LogP contribution in [-0.4, -0.2) is 22.2 Å². The molecule has 2 N–H and O–H groups in total. The summed E-state index contributed by atoms with van der Waals surface area (Å²) in [6.07, 6.45) is 3.46. The van der Waals surface area contributed by atoms with E-state index in [4.69, 9.17) is 0 Å². The van der Waals surface area contributed by atoms with Gasteiger partial charge in [0.2, 0.25) is 0 Å². The third-order valence-corrected chi connectivity index (χ3v) is 2.48. The number of nitro benzene ring substituents is 1. The molecule has 17 heavy (non-hydrogen) atoms. The van der Waals surface area contributed by atoms with E-state index in [-0.39, 0.29) is 5.69 Å². The van der Waals surface area contributed by atoms with Crippen molar-refractivity contribution in [3.8, 4) is 11.1 Å². The van der Waals surface area contributed by atoms with Crippen LogP contribution in [0.2, 0.25) is 0 Å². The summed E-state index contributed by atoms with van der Waals surface area (Å²) in [7, 11) is 1.80. The second kappa shape index (κ2) is 4.75. The van der Waals surface area contributed by atoms with Crippen LogP contribution in [0.1, 0.15) is 5.56 Å². The SMILES string of the molecule is CNCc1cc([N+](=O)[O-])ccc1-c1cn[nH]c1. The molecule has 0 amide bonds. The lowest BCUT2D eigenvalue weighted by Crippen LogP contribution is -2.06. The van der Waals surface area contributed by atoms with Gasteiger partial charge in [-0.25, -0.2) is 0 Å². The van der Waals surface area contributed by atoms with Crippen molar-refractivity contribution in [3.05, 3.63) is 46.3 Å². The van der Waals surface area contributed by atoms with Gasteiger partial charge in [-0.15, -0.1) is 0 Å². The maximum absolute atomic E-state index is 10.7. The second-order valence-electron chi connectivity index (χ2n) is 3.62. The average molecular weight is 232 g/mol. The summed E-state index contributed by atoms with van der Waals surface area (Å²) in [5, 5.41) is 20.3. The largest absolute Gasteiger partial charge is 0.316 e. The van der Waals surface area contributed by atoms with E-state index in [0.29, 0.717) is 6.54 Å². The van der Waals surface area contributed by atoms with E-state index in [2.05, 4.69) is 15.5 Å². The summed E-state index contributed by atoms with van der Waals surface area (Å²) < 4.78 is 0. The lowest BCUT2D eigenvalue weighted by Gasteiger charge is -2.07. The molecule has 1 aromatic heterocycles. The van der Waals surface area contributed by atoms with Gasteiger partial charge in [-0.1, -0.05) is 0 Å². The maximum atomic E-state index is 10.7. The number of hydrogen-bond donors (Lipinski definition) is 2. The van der Waals surface area contributed by atoms with Gasteiger partial charge in [-0.05, 0) is 24.2 Å². The van der Waals surface area contributed by atoms with Crippen molar-refractivity contribution in [2.75, 3.05) is 7.05 Å². The summed E-state index contributed by atoms with van der Waals surface area (Å²) in [5.41, 5.74) is 2.84. The Morgan fingerprint density at radius 2 is 2.35 bits per heavy atom. The van der Waals surface area contributed by atoms with Crippen LogP contribution in [0.3, 0.4) is 0 Å². The Bertz CT molecular complexity index is 522. The molecule has 0 atom stereocenters. The molecule has 2 aromatic rings. The molecule has 0 saturated heterocycles. The minimum absolute atomic E-state index is 0.0995. The number of benzene rings is 1. The zero-order chi connectivity index (χ0) is 12.3. The van der Waals surface area contributed by atoms with E-state index in [1.165, 1.54) is 6.07 Å². The van der Waals surface area contributed by atoms with Crippen molar-refractivity contribution >= 4 is 5.69 Å². The molecule has 88 valence electrons. The lowest BCUT2D eigenvalue weighted by atomic mass is 10.0. The first-order valence-corrected chi connectivity index (χ1v) is 5.13. The van der Waals surface area contributed by atoms with Gasteiger partial charge < -0.3 is 5.32 Å². The standard InChI is InChI=1S/C11H12N4O2/c1-12-5-8-4-10(15(16)17)2-3-11(8)9-6-13-14-7-9/h2-4,6-7,12H,5H2,1H3,(H,13,14). The predicted octanol–water partition coefficient (Wildman–Crippen LogP) is 1.70. The number of H-pyrrole nitrogens is 1. The number of non-ortho nitro benzene ring substituents is 1. The quantitative estimate of drug-likeness (QED) is 0.620. The zero-order valence-corrected chi connectivity index (χ0v) is 9.30. The van der Waals surface area contributed by atoms with Crippen LogP contribution in [0.5, 0.6) is 0 Å². The van der Waals surface area contributed by atoms with Gasteiger partial charge in [-0.3, -0.25) is 15.2 Å². The van der Waals surface area contributed by atoms with Gasteiger partial charge in [0.15, 0.2) is 0 Å². The molecule has 0 radical (unpaired) electrons. The topological polar surface area (TPSA) is 83.8 Å². The molecule has 0 spiro atoms. The Morgan fingerprint density at radius 3 is 2.94 bits per heavy atom. The Hall–Kier alpha value is -2.21. The lowest BCUT2D eigenvalue weighted by molar-refractivity contribution is -0.384. The third kappa shape index (κ3) is 2.31. The highest BCUT2D eigenvalue weighted by Gasteiger charge is 2.12. The highest BCUT2D eigenvalue weighted by atomic mass is 16.6. The molecule has 6 nitrogen and oxygen atoms in total. The minimum Gasteiger partial charge on any atom is -0.316 e. The molecule has 0 unspecified atom stereocenters. The number of nitrogens with one attached hydrogen (secondary N) is 2. The first kappa shape index (κ1) is 11.3.